The van der Waals surface area contributed by atoms with Crippen LogP contribution in [-0.2, 0) is 9.84 Å². The monoisotopic (exact) mass is 269 g/mol. The van der Waals surface area contributed by atoms with Gasteiger partial charge in [-0.25, -0.2) is 8.42 Å². The minimum Gasteiger partial charge on any atom is -0.382 e. The molecule has 0 radical (unpaired) electrons. The average molecular weight is 269 g/mol. The lowest BCUT2D eigenvalue weighted by molar-refractivity contribution is 0.597. The molecule has 0 fully saturated rings. The van der Waals surface area contributed by atoms with Gasteiger partial charge in [-0.15, -0.1) is 0 Å². The topological polar surface area (TPSA) is 113 Å². The van der Waals surface area contributed by atoms with Gasteiger partial charge in [-0.3, -0.25) is 0 Å². The lowest BCUT2D eigenvalue weighted by Gasteiger charge is -2.19. The maximum atomic E-state index is 11.6. The number of hydrogen-bond acceptors (Lipinski definition) is 7. The van der Waals surface area contributed by atoms with Crippen molar-refractivity contribution in [2.24, 2.45) is 0 Å². The third kappa shape index (κ3) is 2.68. The molecule has 8 heteroatoms. The Bertz CT molecular complexity index is 587. The fourth-order valence-electron chi connectivity index (χ4n) is 1.47. The molecule has 0 unspecified atom stereocenters. The third-order valence-corrected chi connectivity index (χ3v) is 3.40. The van der Waals surface area contributed by atoms with E-state index < -0.39 is 9.84 Å². The van der Waals surface area contributed by atoms with Gasteiger partial charge in [0.25, 0.3) is 0 Å². The predicted molar refractivity (Wildman–Crippen MR) is 67.8 cm³/mol. The van der Waals surface area contributed by atoms with Crippen molar-refractivity contribution in [1.29, 1.82) is 5.26 Å². The third-order valence-electron chi connectivity index (χ3n) is 2.40. The van der Waals surface area contributed by atoms with Crippen LogP contribution in [0.1, 0.15) is 19.4 Å². The fraction of sp³-hybridized carbons (Fsp3) is 0.500. The van der Waals surface area contributed by atoms with Gasteiger partial charge < -0.3 is 10.6 Å². The van der Waals surface area contributed by atoms with E-state index in [0.29, 0.717) is 13.1 Å². The summed E-state index contributed by atoms with van der Waals surface area (Å²) in [6.07, 6.45) is 0.988. The number of hydrogen-bond donors (Lipinski definition) is 1. The van der Waals surface area contributed by atoms with Crippen LogP contribution in [0.2, 0.25) is 0 Å². The molecule has 1 heterocycles. The zero-order chi connectivity index (χ0) is 13.9. The second kappa shape index (κ2) is 5.18. The minimum absolute atomic E-state index is 0.116. The van der Waals surface area contributed by atoms with Gasteiger partial charge in [0.05, 0.1) is 0 Å². The van der Waals surface area contributed by atoms with Gasteiger partial charge in [0.15, 0.2) is 14.9 Å². The molecule has 0 amide bonds. The molecule has 2 N–H and O–H groups in total. The molecule has 0 saturated heterocycles. The molecule has 0 aliphatic rings. The van der Waals surface area contributed by atoms with Crippen LogP contribution >= 0.6 is 0 Å². The summed E-state index contributed by atoms with van der Waals surface area (Å²) in [7, 11) is -3.62. The van der Waals surface area contributed by atoms with Crippen LogP contribution in [0.5, 0.6) is 0 Å². The summed E-state index contributed by atoms with van der Waals surface area (Å²) in [5, 5.41) is 8.60. The van der Waals surface area contributed by atoms with Gasteiger partial charge in [0, 0.05) is 19.3 Å². The molecule has 1 rings (SSSR count). The summed E-state index contributed by atoms with van der Waals surface area (Å²) >= 11 is 0. The zero-order valence-corrected chi connectivity index (χ0v) is 11.3. The van der Waals surface area contributed by atoms with Crippen molar-refractivity contribution < 1.29 is 8.42 Å². The van der Waals surface area contributed by atoms with Crippen LogP contribution in [0.25, 0.3) is 0 Å². The minimum atomic E-state index is -3.62. The van der Waals surface area contributed by atoms with Gasteiger partial charge in [-0.1, -0.05) is 0 Å². The lowest BCUT2D eigenvalue weighted by Crippen LogP contribution is -2.26. The highest BCUT2D eigenvalue weighted by atomic mass is 32.2. The second-order valence-corrected chi connectivity index (χ2v) is 5.58. The fourth-order valence-corrected chi connectivity index (χ4v) is 2.23. The van der Waals surface area contributed by atoms with Crippen LogP contribution < -0.4 is 10.6 Å². The zero-order valence-electron chi connectivity index (χ0n) is 10.5. The van der Waals surface area contributed by atoms with Crippen LogP contribution in [0.15, 0.2) is 5.03 Å². The molecule has 0 bridgehead atoms. The molecule has 0 spiro atoms. The second-order valence-electron chi connectivity index (χ2n) is 3.65. The Balaban J connectivity index is 3.55. The molecular formula is C10H15N5O2S. The molecule has 0 aromatic carbocycles. The van der Waals surface area contributed by atoms with Crippen molar-refractivity contribution in [3.8, 4) is 6.07 Å². The van der Waals surface area contributed by atoms with E-state index >= 15 is 0 Å². The number of nitriles is 1. The summed E-state index contributed by atoms with van der Waals surface area (Å²) in [4.78, 5) is 9.66. The SMILES string of the molecule is CCN(CC)c1nc(N)c(C#N)c(S(C)(=O)=O)n1. The number of sulfone groups is 1. The standard InChI is InChI=1S/C10H15N5O2S/c1-4-15(5-2)10-13-8(12)7(6-11)9(14-10)18(3,16)17/h4-5H2,1-3H3,(H2,12,13,14). The Morgan fingerprint density at radius 1 is 1.33 bits per heavy atom. The average Bonchev–Trinajstić information content (AvgIpc) is 2.28. The molecule has 1 aromatic heterocycles. The summed E-state index contributed by atoms with van der Waals surface area (Å²) < 4.78 is 23.2. The van der Waals surface area contributed by atoms with Crippen molar-refractivity contribution >= 4 is 21.6 Å². The molecule has 0 aliphatic heterocycles. The molecular weight excluding hydrogens is 254 g/mol. The normalized spacial score (nSPS) is 11.0. The molecule has 7 nitrogen and oxygen atoms in total. The number of nitrogens with zero attached hydrogens (tertiary/aromatic N) is 4. The highest BCUT2D eigenvalue weighted by Gasteiger charge is 2.22. The first kappa shape index (κ1) is 14.2. The van der Waals surface area contributed by atoms with E-state index in [4.69, 9.17) is 11.0 Å². The Morgan fingerprint density at radius 2 is 1.89 bits per heavy atom. The summed E-state index contributed by atoms with van der Waals surface area (Å²) in [5.41, 5.74) is 5.41. The lowest BCUT2D eigenvalue weighted by atomic mass is 10.3. The summed E-state index contributed by atoms with van der Waals surface area (Å²) in [6.45, 7) is 5.01. The van der Waals surface area contributed by atoms with Gasteiger partial charge >= 0.3 is 0 Å². The van der Waals surface area contributed by atoms with Crippen molar-refractivity contribution in [1.82, 2.24) is 9.97 Å². The number of anilines is 2. The van der Waals surface area contributed by atoms with Gasteiger partial charge in [0.1, 0.15) is 17.5 Å². The van der Waals surface area contributed by atoms with Gasteiger partial charge in [0.2, 0.25) is 5.95 Å². The van der Waals surface area contributed by atoms with Crippen molar-refractivity contribution in [2.75, 3.05) is 30.0 Å². The van der Waals surface area contributed by atoms with E-state index in [9.17, 15) is 8.42 Å². The first-order valence-electron chi connectivity index (χ1n) is 5.37. The Labute approximate surface area is 106 Å². The summed E-state index contributed by atoms with van der Waals surface area (Å²) in [5.74, 6) is 0.103. The number of nitrogens with two attached hydrogens (primary N) is 1. The largest absolute Gasteiger partial charge is 0.382 e. The Hall–Kier alpha value is -1.88. The highest BCUT2D eigenvalue weighted by Crippen LogP contribution is 2.21. The van der Waals surface area contributed by atoms with E-state index in [1.54, 1.807) is 11.0 Å². The van der Waals surface area contributed by atoms with E-state index in [-0.39, 0.29) is 22.4 Å². The number of nitrogen functional groups attached to an aromatic ring is 1. The van der Waals surface area contributed by atoms with E-state index in [1.807, 2.05) is 13.8 Å². The van der Waals surface area contributed by atoms with Crippen LogP contribution in [0.3, 0.4) is 0 Å². The van der Waals surface area contributed by atoms with Crippen molar-refractivity contribution in [3.05, 3.63) is 5.56 Å². The highest BCUT2D eigenvalue weighted by molar-refractivity contribution is 7.90. The first-order valence-corrected chi connectivity index (χ1v) is 7.26. The molecule has 18 heavy (non-hydrogen) atoms. The Morgan fingerprint density at radius 3 is 2.28 bits per heavy atom. The van der Waals surface area contributed by atoms with Crippen molar-refractivity contribution in [3.63, 3.8) is 0 Å². The molecule has 0 atom stereocenters. The van der Waals surface area contributed by atoms with Gasteiger partial charge in [-0.05, 0) is 13.8 Å². The molecule has 0 aliphatic carbocycles. The van der Waals surface area contributed by atoms with Crippen LogP contribution in [0, 0.1) is 11.3 Å². The van der Waals surface area contributed by atoms with Crippen LogP contribution in [0.4, 0.5) is 11.8 Å². The number of aromatic nitrogens is 2. The summed E-state index contributed by atoms with van der Waals surface area (Å²) in [6, 6.07) is 1.72. The van der Waals surface area contributed by atoms with E-state index in [0.717, 1.165) is 6.26 Å². The Kier molecular flexibility index (Phi) is 4.08. The molecule has 1 aromatic rings. The van der Waals surface area contributed by atoms with E-state index in [1.165, 1.54) is 0 Å². The first-order chi connectivity index (χ1) is 8.35. The van der Waals surface area contributed by atoms with Crippen molar-refractivity contribution in [2.45, 2.75) is 18.9 Å². The maximum Gasteiger partial charge on any atom is 0.228 e. The van der Waals surface area contributed by atoms with Gasteiger partial charge in [-0.2, -0.15) is 15.2 Å². The maximum absolute atomic E-state index is 11.6. The molecule has 98 valence electrons. The smallest absolute Gasteiger partial charge is 0.228 e. The van der Waals surface area contributed by atoms with E-state index in [2.05, 4.69) is 9.97 Å². The predicted octanol–water partition coefficient (Wildman–Crippen LogP) is 0.180. The molecule has 0 saturated carbocycles. The quantitative estimate of drug-likeness (QED) is 0.775. The van der Waals surface area contributed by atoms with Crippen LogP contribution in [-0.4, -0.2) is 37.7 Å². The number of rotatable bonds is 4.